The summed E-state index contributed by atoms with van der Waals surface area (Å²) in [5.74, 6) is 1.39. The quantitative estimate of drug-likeness (QED) is 0.888. The molecule has 0 unspecified atom stereocenters. The maximum absolute atomic E-state index is 5.54. The molecule has 0 atom stereocenters. The molecule has 2 rings (SSSR count). The van der Waals surface area contributed by atoms with Crippen LogP contribution < -0.4 is 10.1 Å². The van der Waals surface area contributed by atoms with E-state index >= 15 is 0 Å². The van der Waals surface area contributed by atoms with Gasteiger partial charge >= 0.3 is 0 Å². The highest BCUT2D eigenvalue weighted by molar-refractivity contribution is 9.10. The SMILES string of the molecule is CCNCc1cc(COc2cncc(Br)c2)on1. The van der Waals surface area contributed by atoms with Crippen LogP contribution in [0.4, 0.5) is 0 Å². The Balaban J connectivity index is 1.88. The molecule has 2 aromatic rings. The summed E-state index contributed by atoms with van der Waals surface area (Å²) in [5.41, 5.74) is 0.878. The summed E-state index contributed by atoms with van der Waals surface area (Å²) in [6.07, 6.45) is 3.36. The molecule has 0 spiro atoms. The van der Waals surface area contributed by atoms with Gasteiger partial charge in [-0.05, 0) is 28.5 Å². The van der Waals surface area contributed by atoms with Gasteiger partial charge < -0.3 is 14.6 Å². The Bertz CT molecular complexity index is 502. The van der Waals surface area contributed by atoms with Crippen molar-refractivity contribution in [3.05, 3.63) is 40.5 Å². The first-order valence-corrected chi connectivity index (χ1v) is 6.45. The minimum absolute atomic E-state index is 0.345. The first-order chi connectivity index (χ1) is 8.78. The number of pyridine rings is 1. The predicted molar refractivity (Wildman–Crippen MR) is 70.2 cm³/mol. The van der Waals surface area contributed by atoms with E-state index in [9.17, 15) is 0 Å². The summed E-state index contributed by atoms with van der Waals surface area (Å²) in [6, 6.07) is 3.73. The molecule has 0 saturated carbocycles. The van der Waals surface area contributed by atoms with Gasteiger partial charge in [0.1, 0.15) is 12.4 Å². The minimum Gasteiger partial charge on any atom is -0.484 e. The lowest BCUT2D eigenvalue weighted by Gasteiger charge is -2.02. The first kappa shape index (κ1) is 13.0. The Kier molecular flexibility index (Phi) is 4.72. The molecule has 6 heteroatoms. The molecular formula is C12H14BrN3O2. The highest BCUT2D eigenvalue weighted by atomic mass is 79.9. The fourth-order valence-corrected chi connectivity index (χ4v) is 1.73. The van der Waals surface area contributed by atoms with E-state index in [1.165, 1.54) is 0 Å². The van der Waals surface area contributed by atoms with E-state index in [0.29, 0.717) is 24.7 Å². The van der Waals surface area contributed by atoms with Gasteiger partial charge in [0.05, 0.1) is 11.9 Å². The molecule has 0 amide bonds. The lowest BCUT2D eigenvalue weighted by molar-refractivity contribution is 0.247. The van der Waals surface area contributed by atoms with Gasteiger partial charge in [0.2, 0.25) is 0 Å². The van der Waals surface area contributed by atoms with Crippen LogP contribution in [0.25, 0.3) is 0 Å². The molecule has 0 aliphatic rings. The molecule has 1 N–H and O–H groups in total. The smallest absolute Gasteiger partial charge is 0.174 e. The summed E-state index contributed by atoms with van der Waals surface area (Å²) in [5, 5.41) is 7.12. The summed E-state index contributed by atoms with van der Waals surface area (Å²) in [4.78, 5) is 4.01. The number of hydrogen-bond acceptors (Lipinski definition) is 5. The standard InChI is InChI=1S/C12H14BrN3O2/c1-2-14-6-10-4-12(18-16-10)8-17-11-3-9(13)5-15-7-11/h3-5,7,14H,2,6,8H2,1H3. The Hall–Kier alpha value is -1.40. The normalized spacial score (nSPS) is 10.6. The van der Waals surface area contributed by atoms with Crippen molar-refractivity contribution in [2.24, 2.45) is 0 Å². The van der Waals surface area contributed by atoms with Gasteiger partial charge in [0, 0.05) is 23.3 Å². The van der Waals surface area contributed by atoms with E-state index in [4.69, 9.17) is 9.26 Å². The summed E-state index contributed by atoms with van der Waals surface area (Å²) in [6.45, 7) is 4.00. The number of nitrogens with one attached hydrogen (secondary N) is 1. The second kappa shape index (κ2) is 6.51. The van der Waals surface area contributed by atoms with Crippen LogP contribution in [0.15, 0.2) is 33.5 Å². The summed E-state index contributed by atoms with van der Waals surface area (Å²) >= 11 is 3.33. The zero-order valence-electron chi connectivity index (χ0n) is 10.0. The van der Waals surface area contributed by atoms with Crippen LogP contribution in [0.2, 0.25) is 0 Å². The highest BCUT2D eigenvalue weighted by Crippen LogP contribution is 2.17. The Labute approximate surface area is 114 Å². The van der Waals surface area contributed by atoms with Gasteiger partial charge in [-0.1, -0.05) is 12.1 Å². The second-order valence-corrected chi connectivity index (χ2v) is 4.61. The zero-order valence-corrected chi connectivity index (χ0v) is 11.6. The fourth-order valence-electron chi connectivity index (χ4n) is 1.39. The fraction of sp³-hybridized carbons (Fsp3) is 0.333. The Morgan fingerprint density at radius 3 is 3.06 bits per heavy atom. The van der Waals surface area contributed by atoms with Crippen LogP contribution in [-0.4, -0.2) is 16.7 Å². The van der Waals surface area contributed by atoms with Gasteiger partial charge in [0.15, 0.2) is 5.76 Å². The number of nitrogens with zero attached hydrogens (tertiary/aromatic N) is 2. The van der Waals surface area contributed by atoms with Crippen molar-refractivity contribution in [2.45, 2.75) is 20.1 Å². The number of hydrogen-bond donors (Lipinski definition) is 1. The van der Waals surface area contributed by atoms with Crippen molar-refractivity contribution in [3.8, 4) is 5.75 Å². The predicted octanol–water partition coefficient (Wildman–Crippen LogP) is 2.52. The molecule has 2 aromatic heterocycles. The van der Waals surface area contributed by atoms with Crippen LogP contribution in [0.3, 0.4) is 0 Å². The molecule has 18 heavy (non-hydrogen) atoms. The lowest BCUT2D eigenvalue weighted by atomic mass is 10.3. The first-order valence-electron chi connectivity index (χ1n) is 5.66. The van der Waals surface area contributed by atoms with Crippen LogP contribution in [-0.2, 0) is 13.2 Å². The largest absolute Gasteiger partial charge is 0.484 e. The molecule has 0 fully saturated rings. The molecular weight excluding hydrogens is 298 g/mol. The van der Waals surface area contributed by atoms with Gasteiger partial charge in [-0.15, -0.1) is 0 Å². The summed E-state index contributed by atoms with van der Waals surface area (Å²) < 4.78 is 11.6. The molecule has 2 heterocycles. The van der Waals surface area contributed by atoms with Crippen LogP contribution in [0, 0.1) is 0 Å². The average Bonchev–Trinajstić information content (AvgIpc) is 2.82. The number of rotatable bonds is 6. The van der Waals surface area contributed by atoms with Gasteiger partial charge in [-0.2, -0.15) is 0 Å². The summed E-state index contributed by atoms with van der Waals surface area (Å²) in [7, 11) is 0. The molecule has 0 bridgehead atoms. The Morgan fingerprint density at radius 2 is 2.28 bits per heavy atom. The maximum Gasteiger partial charge on any atom is 0.174 e. The molecule has 96 valence electrons. The molecule has 0 aliphatic carbocycles. The highest BCUT2D eigenvalue weighted by Gasteiger charge is 2.05. The van der Waals surface area contributed by atoms with E-state index in [2.05, 4.69) is 31.4 Å². The van der Waals surface area contributed by atoms with E-state index < -0.39 is 0 Å². The van der Waals surface area contributed by atoms with Crippen molar-refractivity contribution in [1.29, 1.82) is 0 Å². The second-order valence-electron chi connectivity index (χ2n) is 3.69. The topological polar surface area (TPSA) is 60.2 Å². The van der Waals surface area contributed by atoms with E-state index in [-0.39, 0.29) is 0 Å². The number of halogens is 1. The van der Waals surface area contributed by atoms with Crippen LogP contribution in [0.5, 0.6) is 5.75 Å². The van der Waals surface area contributed by atoms with Crippen molar-refractivity contribution >= 4 is 15.9 Å². The van der Waals surface area contributed by atoms with E-state index in [0.717, 1.165) is 16.7 Å². The van der Waals surface area contributed by atoms with Crippen molar-refractivity contribution in [2.75, 3.05) is 6.54 Å². The molecule has 0 aromatic carbocycles. The minimum atomic E-state index is 0.345. The van der Waals surface area contributed by atoms with Gasteiger partial charge in [-0.3, -0.25) is 4.98 Å². The molecule has 0 radical (unpaired) electrons. The molecule has 0 saturated heterocycles. The zero-order chi connectivity index (χ0) is 12.8. The third-order valence-corrected chi connectivity index (χ3v) is 2.66. The number of ether oxygens (including phenoxy) is 1. The molecule has 0 aliphatic heterocycles. The van der Waals surface area contributed by atoms with Crippen molar-refractivity contribution < 1.29 is 9.26 Å². The van der Waals surface area contributed by atoms with Crippen molar-refractivity contribution in [3.63, 3.8) is 0 Å². The van der Waals surface area contributed by atoms with Gasteiger partial charge in [-0.25, -0.2) is 0 Å². The monoisotopic (exact) mass is 311 g/mol. The average molecular weight is 312 g/mol. The van der Waals surface area contributed by atoms with Crippen molar-refractivity contribution in [1.82, 2.24) is 15.5 Å². The lowest BCUT2D eigenvalue weighted by Crippen LogP contribution is -2.11. The third-order valence-electron chi connectivity index (χ3n) is 2.22. The van der Waals surface area contributed by atoms with E-state index in [1.807, 2.05) is 19.1 Å². The Morgan fingerprint density at radius 1 is 1.39 bits per heavy atom. The van der Waals surface area contributed by atoms with Crippen LogP contribution in [0.1, 0.15) is 18.4 Å². The maximum atomic E-state index is 5.54. The number of aromatic nitrogens is 2. The van der Waals surface area contributed by atoms with Crippen LogP contribution >= 0.6 is 15.9 Å². The van der Waals surface area contributed by atoms with E-state index in [1.54, 1.807) is 12.4 Å². The van der Waals surface area contributed by atoms with Gasteiger partial charge in [0.25, 0.3) is 0 Å². The third kappa shape index (κ3) is 3.82. The molecule has 5 nitrogen and oxygen atoms in total.